The first-order valence-corrected chi connectivity index (χ1v) is 7.66. The highest BCUT2D eigenvalue weighted by Gasteiger charge is 2.25. The van der Waals surface area contributed by atoms with Crippen molar-refractivity contribution >= 4 is 0 Å². The van der Waals surface area contributed by atoms with Gasteiger partial charge in [-0.1, -0.05) is 39.5 Å². The molecule has 2 heteroatoms. The monoisotopic (exact) mass is 240 g/mol. The van der Waals surface area contributed by atoms with Crippen LogP contribution in [0, 0.1) is 0 Å². The highest BCUT2D eigenvalue weighted by Crippen LogP contribution is 2.23. The molecule has 0 spiro atoms. The molecule has 0 heterocycles. The van der Waals surface area contributed by atoms with E-state index in [0.29, 0.717) is 12.1 Å². The SMILES string of the molecule is CCNC(CC)C(C)N(C)C1CCCCCC1. The van der Waals surface area contributed by atoms with Crippen LogP contribution in [-0.4, -0.2) is 36.6 Å². The van der Waals surface area contributed by atoms with Gasteiger partial charge in [0.2, 0.25) is 0 Å². The maximum Gasteiger partial charge on any atom is 0.0220 e. The van der Waals surface area contributed by atoms with Gasteiger partial charge in [-0.05, 0) is 39.8 Å². The molecule has 0 bridgehead atoms. The van der Waals surface area contributed by atoms with Crippen LogP contribution in [0.2, 0.25) is 0 Å². The van der Waals surface area contributed by atoms with Crippen molar-refractivity contribution in [1.29, 1.82) is 0 Å². The smallest absolute Gasteiger partial charge is 0.0220 e. The molecule has 17 heavy (non-hydrogen) atoms. The van der Waals surface area contributed by atoms with Gasteiger partial charge in [0.25, 0.3) is 0 Å². The molecule has 102 valence electrons. The van der Waals surface area contributed by atoms with Crippen LogP contribution in [-0.2, 0) is 0 Å². The Morgan fingerprint density at radius 3 is 2.18 bits per heavy atom. The lowest BCUT2D eigenvalue weighted by molar-refractivity contribution is 0.135. The second-order valence-corrected chi connectivity index (χ2v) is 5.62. The molecule has 2 nitrogen and oxygen atoms in total. The summed E-state index contributed by atoms with van der Waals surface area (Å²) in [5, 5.41) is 3.63. The Balaban J connectivity index is 2.50. The van der Waals surface area contributed by atoms with Crippen molar-refractivity contribution in [2.75, 3.05) is 13.6 Å². The molecule has 1 aliphatic rings. The summed E-state index contributed by atoms with van der Waals surface area (Å²) in [4.78, 5) is 2.64. The van der Waals surface area contributed by atoms with Gasteiger partial charge in [-0.25, -0.2) is 0 Å². The average molecular weight is 240 g/mol. The maximum atomic E-state index is 3.63. The predicted octanol–water partition coefficient (Wildman–Crippen LogP) is 3.42. The van der Waals surface area contributed by atoms with Gasteiger partial charge < -0.3 is 5.32 Å². The van der Waals surface area contributed by atoms with Gasteiger partial charge in [-0.15, -0.1) is 0 Å². The molecule has 1 N–H and O–H groups in total. The lowest BCUT2D eigenvalue weighted by atomic mass is 10.0. The van der Waals surface area contributed by atoms with E-state index in [2.05, 4.69) is 38.0 Å². The lowest BCUT2D eigenvalue weighted by Gasteiger charge is -2.37. The molecule has 1 aliphatic carbocycles. The van der Waals surface area contributed by atoms with Crippen molar-refractivity contribution in [2.45, 2.75) is 83.8 Å². The third-order valence-electron chi connectivity index (χ3n) is 4.53. The topological polar surface area (TPSA) is 15.3 Å². The Labute approximate surface area is 108 Å². The minimum absolute atomic E-state index is 0.647. The zero-order chi connectivity index (χ0) is 12.7. The van der Waals surface area contributed by atoms with Gasteiger partial charge in [-0.3, -0.25) is 4.90 Å². The first-order chi connectivity index (χ1) is 8.20. The predicted molar refractivity (Wildman–Crippen MR) is 76.5 cm³/mol. The van der Waals surface area contributed by atoms with E-state index in [4.69, 9.17) is 0 Å². The Morgan fingerprint density at radius 2 is 1.71 bits per heavy atom. The van der Waals surface area contributed by atoms with Crippen molar-refractivity contribution in [1.82, 2.24) is 10.2 Å². The number of hydrogen-bond acceptors (Lipinski definition) is 2. The van der Waals surface area contributed by atoms with Crippen molar-refractivity contribution in [3.05, 3.63) is 0 Å². The van der Waals surface area contributed by atoms with Crippen molar-refractivity contribution in [2.24, 2.45) is 0 Å². The summed E-state index contributed by atoms with van der Waals surface area (Å²) in [6.45, 7) is 7.98. The fraction of sp³-hybridized carbons (Fsp3) is 1.00. The van der Waals surface area contributed by atoms with Crippen LogP contribution < -0.4 is 5.32 Å². The van der Waals surface area contributed by atoms with E-state index in [0.717, 1.165) is 12.6 Å². The zero-order valence-corrected chi connectivity index (χ0v) is 12.3. The number of rotatable bonds is 6. The zero-order valence-electron chi connectivity index (χ0n) is 12.3. The Hall–Kier alpha value is -0.0800. The van der Waals surface area contributed by atoms with Gasteiger partial charge in [0.1, 0.15) is 0 Å². The average Bonchev–Trinajstić information content (AvgIpc) is 2.63. The van der Waals surface area contributed by atoms with Crippen LogP contribution >= 0.6 is 0 Å². The largest absolute Gasteiger partial charge is 0.313 e. The molecule has 0 saturated heterocycles. The summed E-state index contributed by atoms with van der Waals surface area (Å²) >= 11 is 0. The molecule has 1 rings (SSSR count). The van der Waals surface area contributed by atoms with E-state index in [1.54, 1.807) is 0 Å². The van der Waals surface area contributed by atoms with Gasteiger partial charge in [0.15, 0.2) is 0 Å². The van der Waals surface area contributed by atoms with Gasteiger partial charge in [0, 0.05) is 18.1 Å². The van der Waals surface area contributed by atoms with E-state index in [9.17, 15) is 0 Å². The van der Waals surface area contributed by atoms with E-state index in [1.807, 2.05) is 0 Å². The van der Waals surface area contributed by atoms with E-state index < -0.39 is 0 Å². The number of hydrogen-bond donors (Lipinski definition) is 1. The van der Waals surface area contributed by atoms with Crippen LogP contribution in [0.3, 0.4) is 0 Å². The molecule has 1 fully saturated rings. The molecule has 0 amide bonds. The van der Waals surface area contributed by atoms with E-state index in [-0.39, 0.29) is 0 Å². The molecule has 2 atom stereocenters. The van der Waals surface area contributed by atoms with E-state index in [1.165, 1.54) is 44.9 Å². The molecular formula is C15H32N2. The van der Waals surface area contributed by atoms with Crippen LogP contribution in [0.15, 0.2) is 0 Å². The van der Waals surface area contributed by atoms with Gasteiger partial charge in [0.05, 0.1) is 0 Å². The fourth-order valence-corrected chi connectivity index (χ4v) is 3.20. The Bertz CT molecular complexity index is 185. The lowest BCUT2D eigenvalue weighted by Crippen LogP contribution is -2.50. The summed E-state index contributed by atoms with van der Waals surface area (Å²) < 4.78 is 0. The number of nitrogens with zero attached hydrogens (tertiary/aromatic N) is 1. The van der Waals surface area contributed by atoms with Crippen LogP contribution in [0.25, 0.3) is 0 Å². The molecule has 0 radical (unpaired) electrons. The Kier molecular flexibility index (Phi) is 7.14. The van der Waals surface area contributed by atoms with Crippen LogP contribution in [0.4, 0.5) is 0 Å². The highest BCUT2D eigenvalue weighted by atomic mass is 15.2. The quantitative estimate of drug-likeness (QED) is 0.716. The van der Waals surface area contributed by atoms with Crippen molar-refractivity contribution < 1.29 is 0 Å². The second-order valence-electron chi connectivity index (χ2n) is 5.62. The molecular weight excluding hydrogens is 208 g/mol. The fourth-order valence-electron chi connectivity index (χ4n) is 3.20. The molecule has 0 aliphatic heterocycles. The van der Waals surface area contributed by atoms with Crippen LogP contribution in [0.5, 0.6) is 0 Å². The molecule has 2 unspecified atom stereocenters. The summed E-state index contributed by atoms with van der Waals surface area (Å²) in [5.41, 5.74) is 0. The van der Waals surface area contributed by atoms with Gasteiger partial charge in [-0.2, -0.15) is 0 Å². The third-order valence-corrected chi connectivity index (χ3v) is 4.53. The summed E-state index contributed by atoms with van der Waals surface area (Å²) in [6, 6.07) is 2.12. The highest BCUT2D eigenvalue weighted by molar-refractivity contribution is 4.83. The maximum absolute atomic E-state index is 3.63. The van der Waals surface area contributed by atoms with Gasteiger partial charge >= 0.3 is 0 Å². The molecule has 0 aromatic carbocycles. The van der Waals surface area contributed by atoms with Crippen molar-refractivity contribution in [3.63, 3.8) is 0 Å². The van der Waals surface area contributed by atoms with Crippen LogP contribution in [0.1, 0.15) is 65.7 Å². The number of nitrogens with one attached hydrogen (secondary N) is 1. The van der Waals surface area contributed by atoms with E-state index >= 15 is 0 Å². The third kappa shape index (κ3) is 4.59. The minimum atomic E-state index is 0.647. The molecule has 0 aromatic rings. The Morgan fingerprint density at radius 1 is 1.12 bits per heavy atom. The summed E-state index contributed by atoms with van der Waals surface area (Å²) in [6.07, 6.45) is 9.80. The summed E-state index contributed by atoms with van der Waals surface area (Å²) in [7, 11) is 2.33. The summed E-state index contributed by atoms with van der Waals surface area (Å²) in [5.74, 6) is 0. The van der Waals surface area contributed by atoms with Crippen molar-refractivity contribution in [3.8, 4) is 0 Å². The normalized spacial score (nSPS) is 22.4. The molecule has 1 saturated carbocycles. The molecule has 0 aromatic heterocycles. The number of likely N-dealkylation sites (N-methyl/N-ethyl adjacent to an activating group) is 2. The standard InChI is InChI=1S/C15H32N2/c1-5-15(16-6-2)13(3)17(4)14-11-9-7-8-10-12-14/h13-16H,5-12H2,1-4H3. The minimum Gasteiger partial charge on any atom is -0.313 e. The first-order valence-electron chi connectivity index (χ1n) is 7.66. The first kappa shape index (κ1) is 15.0. The second kappa shape index (κ2) is 8.10.